The molecule has 0 saturated carbocycles. The van der Waals surface area contributed by atoms with Gasteiger partial charge in [-0.05, 0) is 85.2 Å². The van der Waals surface area contributed by atoms with Crippen LogP contribution in [0.2, 0.25) is 0 Å². The Kier molecular flexibility index (Phi) is 6.46. The van der Waals surface area contributed by atoms with Gasteiger partial charge in [-0.15, -0.1) is 11.8 Å². The van der Waals surface area contributed by atoms with Gasteiger partial charge in [-0.1, -0.05) is 0 Å². The summed E-state index contributed by atoms with van der Waals surface area (Å²) in [5, 5.41) is 5.24. The van der Waals surface area contributed by atoms with Crippen LogP contribution in [0.1, 0.15) is 58.0 Å². The van der Waals surface area contributed by atoms with E-state index in [4.69, 9.17) is 9.72 Å². The zero-order chi connectivity index (χ0) is 24.0. The highest BCUT2D eigenvalue weighted by Crippen LogP contribution is 2.41. The number of aryl methyl sites for hydroxylation is 2. The van der Waals surface area contributed by atoms with Gasteiger partial charge in [-0.2, -0.15) is 5.10 Å². The van der Waals surface area contributed by atoms with Crippen molar-refractivity contribution in [2.24, 2.45) is 0 Å². The lowest BCUT2D eigenvalue weighted by Crippen LogP contribution is -2.39. The first-order valence-corrected chi connectivity index (χ1v) is 13.4. The largest absolute Gasteiger partial charge is 0.491 e. The highest BCUT2D eigenvalue weighted by atomic mass is 32.2. The first-order chi connectivity index (χ1) is 16.3. The molecule has 182 valence electrons. The van der Waals surface area contributed by atoms with Crippen molar-refractivity contribution in [2.45, 2.75) is 83.2 Å². The molecule has 3 aromatic rings. The summed E-state index contributed by atoms with van der Waals surface area (Å²) in [5.41, 5.74) is 3.22. The zero-order valence-corrected chi connectivity index (χ0v) is 22.0. The molecule has 0 aliphatic carbocycles. The Morgan fingerprint density at radius 1 is 0.971 bits per heavy atom. The molecular formula is C26H36N6OS. The smallest absolute Gasteiger partial charge is 0.178 e. The van der Waals surface area contributed by atoms with Gasteiger partial charge in [-0.3, -0.25) is 0 Å². The fraction of sp³-hybridized carbons (Fsp3) is 0.577. The Hall–Kier alpha value is -2.32. The van der Waals surface area contributed by atoms with Gasteiger partial charge in [0.2, 0.25) is 0 Å². The highest BCUT2D eigenvalue weighted by molar-refractivity contribution is 8.00. The summed E-state index contributed by atoms with van der Waals surface area (Å²) >= 11 is 2.03. The molecule has 2 aliphatic rings. The maximum atomic E-state index is 6.16. The summed E-state index contributed by atoms with van der Waals surface area (Å²) in [4.78, 5) is 13.7. The summed E-state index contributed by atoms with van der Waals surface area (Å²) < 4.78 is 10.3. The lowest BCUT2D eigenvalue weighted by Gasteiger charge is -2.34. The number of hydrogen-bond acceptors (Lipinski definition) is 6. The second kappa shape index (κ2) is 9.38. The predicted octanol–water partition coefficient (Wildman–Crippen LogP) is 5.36. The van der Waals surface area contributed by atoms with Crippen LogP contribution >= 0.6 is 11.8 Å². The molecule has 0 unspecified atom stereocenters. The minimum atomic E-state index is 0.223. The van der Waals surface area contributed by atoms with Gasteiger partial charge in [0.1, 0.15) is 29.7 Å². The van der Waals surface area contributed by atoms with Crippen LogP contribution in [0.5, 0.6) is 5.75 Å². The number of aromatic nitrogens is 5. The highest BCUT2D eigenvalue weighted by Gasteiger charge is 2.26. The molecule has 5 rings (SSSR count). The SMILES string of the molecule is Cc1nc(-c2cn3c(n2)-c2cc(SC4CCN(C(C)C)CC4)c(C)cc2OCC3)n(C(C)C)n1. The van der Waals surface area contributed by atoms with E-state index >= 15 is 0 Å². The topological polar surface area (TPSA) is 61.0 Å². The van der Waals surface area contributed by atoms with Gasteiger partial charge in [0, 0.05) is 28.4 Å². The quantitative estimate of drug-likeness (QED) is 0.490. The average molecular weight is 481 g/mol. The van der Waals surface area contributed by atoms with Crippen molar-refractivity contribution in [3.63, 3.8) is 0 Å². The van der Waals surface area contributed by atoms with E-state index in [-0.39, 0.29) is 6.04 Å². The van der Waals surface area contributed by atoms with Crippen LogP contribution < -0.4 is 4.74 Å². The van der Waals surface area contributed by atoms with E-state index in [9.17, 15) is 0 Å². The van der Waals surface area contributed by atoms with Gasteiger partial charge in [0.15, 0.2) is 5.82 Å². The monoisotopic (exact) mass is 480 g/mol. The molecule has 1 saturated heterocycles. The number of likely N-dealkylation sites (tertiary alicyclic amines) is 1. The van der Waals surface area contributed by atoms with Gasteiger partial charge in [0.05, 0.1) is 12.1 Å². The van der Waals surface area contributed by atoms with Crippen LogP contribution in [0, 0.1) is 13.8 Å². The Morgan fingerprint density at radius 2 is 1.74 bits per heavy atom. The van der Waals surface area contributed by atoms with Gasteiger partial charge in [-0.25, -0.2) is 14.6 Å². The van der Waals surface area contributed by atoms with Crippen molar-refractivity contribution in [3.05, 3.63) is 29.7 Å². The molecule has 2 aliphatic heterocycles. The fourth-order valence-corrected chi connectivity index (χ4v) is 6.14. The van der Waals surface area contributed by atoms with E-state index in [2.05, 4.69) is 72.5 Å². The number of fused-ring (bicyclic) bond motifs is 3. The predicted molar refractivity (Wildman–Crippen MR) is 138 cm³/mol. The number of benzene rings is 1. The standard InChI is InChI=1S/C26H36N6OS/c1-16(2)30-9-7-20(8-10-30)34-24-14-21-23(13-18(24)5)33-12-11-31-15-22(28-25(21)31)26-27-19(6)29-32(26)17(3)4/h13-17,20H,7-12H2,1-6H3. The van der Waals surface area contributed by atoms with E-state index in [0.717, 1.165) is 41.0 Å². The number of thioether (sulfide) groups is 1. The normalized spacial score (nSPS) is 17.1. The van der Waals surface area contributed by atoms with Crippen molar-refractivity contribution >= 4 is 11.8 Å². The molecule has 8 heteroatoms. The summed E-state index contributed by atoms with van der Waals surface area (Å²) in [7, 11) is 0. The van der Waals surface area contributed by atoms with E-state index in [1.807, 2.05) is 23.4 Å². The van der Waals surface area contributed by atoms with E-state index in [1.54, 1.807) is 0 Å². The van der Waals surface area contributed by atoms with Crippen LogP contribution in [0.15, 0.2) is 23.2 Å². The third kappa shape index (κ3) is 4.50. The molecule has 34 heavy (non-hydrogen) atoms. The molecular weight excluding hydrogens is 444 g/mol. The Morgan fingerprint density at radius 3 is 2.44 bits per heavy atom. The van der Waals surface area contributed by atoms with Crippen LogP contribution in [-0.2, 0) is 6.54 Å². The van der Waals surface area contributed by atoms with Crippen LogP contribution in [0.25, 0.3) is 22.9 Å². The third-order valence-corrected chi connectivity index (χ3v) is 8.34. The van der Waals surface area contributed by atoms with E-state index < -0.39 is 0 Å². The number of ether oxygens (including phenoxy) is 1. The van der Waals surface area contributed by atoms with Crippen molar-refractivity contribution in [1.82, 2.24) is 29.2 Å². The third-order valence-electron chi connectivity index (χ3n) is 6.84. The number of hydrogen-bond donors (Lipinski definition) is 0. The second-order valence-corrected chi connectivity index (χ2v) is 11.4. The van der Waals surface area contributed by atoms with Gasteiger partial charge >= 0.3 is 0 Å². The Balaban J connectivity index is 1.47. The Bertz CT molecular complexity index is 1170. The van der Waals surface area contributed by atoms with Crippen molar-refractivity contribution in [1.29, 1.82) is 0 Å². The van der Waals surface area contributed by atoms with Crippen LogP contribution in [0.4, 0.5) is 0 Å². The number of nitrogens with zero attached hydrogens (tertiary/aromatic N) is 6. The van der Waals surface area contributed by atoms with Crippen LogP contribution in [-0.4, -0.2) is 60.2 Å². The van der Waals surface area contributed by atoms with Gasteiger partial charge < -0.3 is 14.2 Å². The minimum absolute atomic E-state index is 0.223. The summed E-state index contributed by atoms with van der Waals surface area (Å²) in [6, 6.07) is 5.36. The fourth-order valence-electron chi connectivity index (χ4n) is 4.90. The number of imidazole rings is 1. The lowest BCUT2D eigenvalue weighted by atomic mass is 10.1. The molecule has 0 amide bonds. The van der Waals surface area contributed by atoms with E-state index in [1.165, 1.54) is 36.4 Å². The van der Waals surface area contributed by atoms with Crippen molar-refractivity contribution < 1.29 is 4.74 Å². The first kappa shape index (κ1) is 23.4. The molecule has 0 radical (unpaired) electrons. The van der Waals surface area contributed by atoms with Gasteiger partial charge in [0.25, 0.3) is 0 Å². The number of rotatable bonds is 5. The maximum Gasteiger partial charge on any atom is 0.178 e. The number of piperidine rings is 1. The first-order valence-electron chi connectivity index (χ1n) is 12.5. The molecule has 4 heterocycles. The molecule has 1 fully saturated rings. The summed E-state index contributed by atoms with van der Waals surface area (Å²) in [6.45, 7) is 16.7. The lowest BCUT2D eigenvalue weighted by molar-refractivity contribution is 0.188. The molecule has 0 N–H and O–H groups in total. The van der Waals surface area contributed by atoms with E-state index in [0.29, 0.717) is 17.9 Å². The second-order valence-electron chi connectivity index (χ2n) is 10.1. The van der Waals surface area contributed by atoms with Crippen LogP contribution in [0.3, 0.4) is 0 Å². The molecule has 0 bridgehead atoms. The Labute approximate surface area is 206 Å². The van der Waals surface area contributed by atoms with Crippen molar-refractivity contribution in [3.8, 4) is 28.7 Å². The summed E-state index contributed by atoms with van der Waals surface area (Å²) in [6.07, 6.45) is 4.57. The molecule has 7 nitrogen and oxygen atoms in total. The average Bonchev–Trinajstić information content (AvgIpc) is 3.35. The maximum absolute atomic E-state index is 6.16. The van der Waals surface area contributed by atoms with Crippen molar-refractivity contribution in [2.75, 3.05) is 19.7 Å². The summed E-state index contributed by atoms with van der Waals surface area (Å²) in [5.74, 6) is 3.48. The molecule has 2 aromatic heterocycles. The minimum Gasteiger partial charge on any atom is -0.491 e. The molecule has 0 spiro atoms. The molecule has 1 aromatic carbocycles. The zero-order valence-electron chi connectivity index (χ0n) is 21.2. The molecule has 0 atom stereocenters.